The number of aromatic nitrogens is 4. The van der Waals surface area contributed by atoms with E-state index in [9.17, 15) is 0 Å². The predicted molar refractivity (Wildman–Crippen MR) is 342 cm³/mol. The number of hydrogen-bond donors (Lipinski definition) is 0. The van der Waals surface area contributed by atoms with Crippen LogP contribution >= 0.6 is 91.5 Å². The molecule has 4 atom stereocenters. The first-order valence-corrected chi connectivity index (χ1v) is 36.8. The van der Waals surface area contributed by atoms with Gasteiger partial charge in [-0.1, -0.05) is 132 Å². The molecule has 4 nitrogen and oxygen atoms in total. The zero-order chi connectivity index (χ0) is 51.8. The second-order valence-electron chi connectivity index (χ2n) is 21.4. The average molecular weight is 1160 g/mol. The van der Waals surface area contributed by atoms with Crippen molar-refractivity contribution >= 4 is 132 Å². The number of hydrogen-bond acceptors (Lipinski definition) is 12. The van der Waals surface area contributed by atoms with Crippen LogP contribution in [0, 0.1) is 11.8 Å². The maximum absolute atomic E-state index is 5.23. The van der Waals surface area contributed by atoms with Crippen LogP contribution in [0.25, 0.3) is 93.1 Å². The van der Waals surface area contributed by atoms with E-state index in [4.69, 9.17) is 17.5 Å². The summed E-state index contributed by atoms with van der Waals surface area (Å²) in [5.41, 5.74) is 12.3. The minimum atomic E-state index is -2.38. The second-order valence-corrected chi connectivity index (χ2v) is 32.7. The molecule has 0 spiro atoms. The van der Waals surface area contributed by atoms with Crippen molar-refractivity contribution in [3.63, 3.8) is 0 Å². The van der Waals surface area contributed by atoms with E-state index in [1.54, 1.807) is 20.1 Å². The van der Waals surface area contributed by atoms with Crippen molar-refractivity contribution in [1.29, 1.82) is 0 Å². The third kappa shape index (κ3) is 10.2. The molecule has 0 amide bonds. The Kier molecular flexibility index (Phi) is 16.7. The van der Waals surface area contributed by atoms with Crippen molar-refractivity contribution in [3.05, 3.63) is 94.7 Å². The lowest BCUT2D eigenvalue weighted by Gasteiger charge is -2.35. The van der Waals surface area contributed by atoms with Crippen molar-refractivity contribution in [2.24, 2.45) is 11.8 Å². The Labute approximate surface area is 479 Å². The molecule has 390 valence electrons. The van der Waals surface area contributed by atoms with Crippen LogP contribution in [0.2, 0.25) is 12.1 Å². The minimum Gasteiger partial charge on any atom is -0.172 e. The van der Waals surface area contributed by atoms with E-state index in [1.165, 1.54) is 159 Å². The summed E-state index contributed by atoms with van der Waals surface area (Å²) in [4.78, 5) is 13.8. The highest BCUT2D eigenvalue weighted by atomic mass is 32.1. The van der Waals surface area contributed by atoms with Gasteiger partial charge in [-0.15, -0.1) is 68.0 Å². The van der Waals surface area contributed by atoms with Gasteiger partial charge in [0.1, 0.15) is 30.1 Å². The van der Waals surface area contributed by atoms with Crippen molar-refractivity contribution in [3.8, 4) is 71.0 Å². The molecule has 11 rings (SSSR count). The predicted octanol–water partition coefficient (Wildman–Crippen LogP) is 21.9. The molecule has 0 bridgehead atoms. The molecule has 9 heterocycles. The van der Waals surface area contributed by atoms with Crippen LogP contribution in [-0.2, 0) is 0 Å². The molecule has 13 heteroatoms. The van der Waals surface area contributed by atoms with Gasteiger partial charge in [0, 0.05) is 71.0 Å². The molecule has 8 aromatic heterocycles. The first kappa shape index (κ1) is 53.5. The van der Waals surface area contributed by atoms with Gasteiger partial charge in [-0.3, -0.25) is 0 Å². The normalized spacial score (nSPS) is 16.1. The lowest BCUT2D eigenvalue weighted by molar-refractivity contribution is 0.469. The number of rotatable bonds is 24. The maximum atomic E-state index is 5.23. The summed E-state index contributed by atoms with van der Waals surface area (Å²) in [6, 6.07) is 31.4. The van der Waals surface area contributed by atoms with E-state index in [0.29, 0.717) is 23.7 Å². The van der Waals surface area contributed by atoms with E-state index < -0.39 is 8.07 Å². The molecule has 0 N–H and O–H groups in total. The lowest BCUT2D eigenvalue weighted by Crippen LogP contribution is -2.56. The molecular formula is C62H70N4S8Si. The molecule has 0 saturated carbocycles. The molecular weight excluding hydrogens is 1090 g/mol. The second kappa shape index (κ2) is 23.5. The Bertz CT molecular complexity index is 3280. The van der Waals surface area contributed by atoms with Gasteiger partial charge in [0.05, 0.1) is 23.5 Å². The molecule has 10 aromatic rings. The van der Waals surface area contributed by atoms with Crippen LogP contribution < -0.4 is 10.4 Å². The van der Waals surface area contributed by atoms with E-state index in [2.05, 4.69) is 162 Å². The SMILES string of the molecule is CCCCC(CC)C[Si]1(CC(CC)CCCC)c2cc(-c3cc(C(C)CCC)c(-c4ccc(-c5cccs5)s4)c4nsnc34)sc2-c2sc(-c3cc(C(C)CCC)c(-c4ccc(-c5cccs5)s4)c4nsnc34)cc21. The van der Waals surface area contributed by atoms with Crippen molar-refractivity contribution in [1.82, 2.24) is 17.5 Å². The highest BCUT2D eigenvalue weighted by molar-refractivity contribution is 7.32. The molecule has 0 fully saturated rings. The fraction of sp³-hybridized carbons (Fsp3) is 0.419. The molecule has 4 unspecified atom stereocenters. The highest BCUT2D eigenvalue weighted by Gasteiger charge is 2.50. The number of thiophene rings is 6. The molecule has 0 aliphatic carbocycles. The standard InChI is InChI=1S/C62H70N4S8Si/c1-9-15-21-39(13-5)35-75(36-40(14-6)22-16-10-2)53-33-51(43-31-41(37(7)19-11-3)55(59-57(43)63-73-65-59)49-27-25-47(69-49)45-23-17-29-67-45)71-61(53)62-54(75)34-52(72-62)44-32-42(38(8)20-12-4)56(60-58(44)64-74-66-60)50-28-26-48(70-50)46-24-18-30-68-46/h17-18,23-34,37-40H,9-16,19-22,35-36H2,1-8H3. The van der Waals surface area contributed by atoms with Gasteiger partial charge in [0.25, 0.3) is 0 Å². The third-order valence-electron chi connectivity index (χ3n) is 16.5. The number of nitrogens with zero attached hydrogens (tertiary/aromatic N) is 4. The highest BCUT2D eigenvalue weighted by Crippen LogP contribution is 2.53. The molecule has 1 aliphatic heterocycles. The fourth-order valence-electron chi connectivity index (χ4n) is 12.5. The van der Waals surface area contributed by atoms with Crippen LogP contribution in [-0.4, -0.2) is 25.6 Å². The molecule has 1 aliphatic rings. The smallest absolute Gasteiger partial charge is 0.122 e. The lowest BCUT2D eigenvalue weighted by atomic mass is 9.88. The Morgan fingerprint density at radius 3 is 1.25 bits per heavy atom. The van der Waals surface area contributed by atoms with Gasteiger partial charge in [0.2, 0.25) is 0 Å². The maximum Gasteiger partial charge on any atom is 0.122 e. The van der Waals surface area contributed by atoms with Gasteiger partial charge >= 0.3 is 0 Å². The monoisotopic (exact) mass is 1150 g/mol. The summed E-state index contributed by atoms with van der Waals surface area (Å²) in [7, 11) is -2.38. The largest absolute Gasteiger partial charge is 0.172 e. The van der Waals surface area contributed by atoms with Crippen LogP contribution in [0.3, 0.4) is 0 Å². The van der Waals surface area contributed by atoms with Crippen molar-refractivity contribution in [2.45, 2.75) is 156 Å². The Morgan fingerprint density at radius 2 is 0.867 bits per heavy atom. The summed E-state index contributed by atoms with van der Waals surface area (Å²) >= 11 is 14.4. The fourth-order valence-corrected chi connectivity index (χ4v) is 27.8. The van der Waals surface area contributed by atoms with E-state index >= 15 is 0 Å². The van der Waals surface area contributed by atoms with Gasteiger partial charge in [-0.25, -0.2) is 0 Å². The van der Waals surface area contributed by atoms with Crippen molar-refractivity contribution < 1.29 is 0 Å². The van der Waals surface area contributed by atoms with Gasteiger partial charge < -0.3 is 0 Å². The summed E-state index contributed by atoms with van der Waals surface area (Å²) in [5, 5.41) is 7.81. The zero-order valence-electron chi connectivity index (χ0n) is 44.8. The van der Waals surface area contributed by atoms with E-state index in [-0.39, 0.29) is 0 Å². The Morgan fingerprint density at radius 1 is 0.440 bits per heavy atom. The Hall–Kier alpha value is -3.50. The van der Waals surface area contributed by atoms with Crippen LogP contribution in [0.4, 0.5) is 0 Å². The van der Waals surface area contributed by atoms with Gasteiger partial charge in [0.15, 0.2) is 0 Å². The Balaban J connectivity index is 1.12. The van der Waals surface area contributed by atoms with E-state index in [0.717, 1.165) is 47.8 Å². The minimum absolute atomic E-state index is 0.387. The van der Waals surface area contributed by atoms with Crippen LogP contribution in [0.5, 0.6) is 0 Å². The summed E-state index contributed by atoms with van der Waals surface area (Å²) in [5.74, 6) is 2.17. The molecule has 0 radical (unpaired) electrons. The number of fused-ring (bicyclic) bond motifs is 5. The number of benzene rings is 2. The molecule has 0 saturated heterocycles. The topological polar surface area (TPSA) is 51.6 Å². The van der Waals surface area contributed by atoms with E-state index in [1.807, 2.05) is 45.3 Å². The number of unbranched alkanes of at least 4 members (excludes halogenated alkanes) is 2. The quantitative estimate of drug-likeness (QED) is 0.0566. The van der Waals surface area contributed by atoms with Gasteiger partial charge in [-0.2, -0.15) is 17.5 Å². The summed E-state index contributed by atoms with van der Waals surface area (Å²) < 4.78 is 20.9. The molecule has 75 heavy (non-hydrogen) atoms. The third-order valence-corrected chi connectivity index (χ3v) is 30.1. The average Bonchev–Trinajstić information content (AvgIpc) is 4.30. The van der Waals surface area contributed by atoms with Crippen LogP contribution in [0.1, 0.15) is 155 Å². The van der Waals surface area contributed by atoms with Crippen molar-refractivity contribution in [2.75, 3.05) is 0 Å². The zero-order valence-corrected chi connectivity index (χ0v) is 52.4. The van der Waals surface area contributed by atoms with Crippen LogP contribution in [0.15, 0.2) is 83.6 Å². The van der Waals surface area contributed by atoms with Gasteiger partial charge in [-0.05, 0) is 142 Å². The first-order valence-electron chi connectivity index (χ1n) is 27.9. The summed E-state index contributed by atoms with van der Waals surface area (Å²) in [6.45, 7) is 19.3. The summed E-state index contributed by atoms with van der Waals surface area (Å²) in [6.07, 6.45) is 14.8. The molecule has 2 aromatic carbocycles. The first-order chi connectivity index (χ1) is 36.7.